The summed E-state index contributed by atoms with van der Waals surface area (Å²) in [7, 11) is 0. The third-order valence-electron chi connectivity index (χ3n) is 4.91. The van der Waals surface area contributed by atoms with E-state index >= 15 is 0 Å². The van der Waals surface area contributed by atoms with Gasteiger partial charge in [0.05, 0.1) is 0 Å². The van der Waals surface area contributed by atoms with Crippen molar-refractivity contribution >= 4 is 11.8 Å². The van der Waals surface area contributed by atoms with Crippen LogP contribution in [0.25, 0.3) is 0 Å². The molecule has 0 saturated carbocycles. The number of aromatic nitrogens is 4. The van der Waals surface area contributed by atoms with Crippen LogP contribution in [0.3, 0.4) is 0 Å². The van der Waals surface area contributed by atoms with Crippen LogP contribution >= 0.6 is 0 Å². The normalized spacial score (nSPS) is 23.4. The van der Waals surface area contributed by atoms with Crippen molar-refractivity contribution < 1.29 is 0 Å². The summed E-state index contributed by atoms with van der Waals surface area (Å²) in [6, 6.07) is 2.03. The highest BCUT2D eigenvalue weighted by atomic mass is 15.3. The Kier molecular flexibility index (Phi) is 3.39. The number of nitrogens with zero attached hydrogens (tertiary/aromatic N) is 6. The van der Waals surface area contributed by atoms with E-state index in [1.807, 2.05) is 26.1 Å². The van der Waals surface area contributed by atoms with Gasteiger partial charge in [0.15, 0.2) is 0 Å². The monoisotopic (exact) mass is 310 g/mol. The van der Waals surface area contributed by atoms with E-state index in [2.05, 4.69) is 36.7 Å². The van der Waals surface area contributed by atoms with Crippen LogP contribution in [0.2, 0.25) is 0 Å². The standard InChI is InChI=1S/C17H22N6/c1-11-5-18-10-19-16(11)22-6-14-8-23(9-15(14)7-22)17-20-12(2)4-13(3)21-17/h4-5,10,14-15H,6-9H2,1-3H3. The van der Waals surface area contributed by atoms with Crippen LogP contribution in [-0.2, 0) is 0 Å². The molecule has 2 aliphatic rings. The highest BCUT2D eigenvalue weighted by molar-refractivity contribution is 5.47. The summed E-state index contributed by atoms with van der Waals surface area (Å²) in [6.07, 6.45) is 3.54. The molecule has 4 rings (SSSR count). The first-order valence-electron chi connectivity index (χ1n) is 8.19. The minimum Gasteiger partial charge on any atom is -0.356 e. The summed E-state index contributed by atoms with van der Waals surface area (Å²) in [6.45, 7) is 10.3. The molecule has 2 atom stereocenters. The Morgan fingerprint density at radius 3 is 2.13 bits per heavy atom. The minimum atomic E-state index is 0.661. The second-order valence-corrected chi connectivity index (χ2v) is 6.81. The van der Waals surface area contributed by atoms with Crippen LogP contribution in [0, 0.1) is 32.6 Å². The van der Waals surface area contributed by atoms with E-state index in [9.17, 15) is 0 Å². The summed E-state index contributed by atoms with van der Waals surface area (Å²) in [5, 5.41) is 0. The first-order valence-corrected chi connectivity index (χ1v) is 8.19. The highest BCUT2D eigenvalue weighted by Crippen LogP contribution is 2.35. The summed E-state index contributed by atoms with van der Waals surface area (Å²) < 4.78 is 0. The number of hydrogen-bond acceptors (Lipinski definition) is 6. The van der Waals surface area contributed by atoms with E-state index in [4.69, 9.17) is 0 Å². The second-order valence-electron chi connectivity index (χ2n) is 6.81. The first kappa shape index (κ1) is 14.4. The number of rotatable bonds is 2. The van der Waals surface area contributed by atoms with E-state index in [0.29, 0.717) is 11.8 Å². The van der Waals surface area contributed by atoms with Crippen LogP contribution in [0.15, 0.2) is 18.6 Å². The molecule has 0 spiro atoms. The zero-order valence-electron chi connectivity index (χ0n) is 13.9. The fourth-order valence-electron chi connectivity index (χ4n) is 3.90. The van der Waals surface area contributed by atoms with Gasteiger partial charge in [0.1, 0.15) is 12.1 Å². The maximum Gasteiger partial charge on any atom is 0.225 e. The predicted octanol–water partition coefficient (Wildman–Crippen LogP) is 1.76. The van der Waals surface area contributed by atoms with E-state index in [1.54, 1.807) is 6.33 Å². The third-order valence-corrected chi connectivity index (χ3v) is 4.91. The number of fused-ring (bicyclic) bond motifs is 1. The molecule has 0 radical (unpaired) electrons. The van der Waals surface area contributed by atoms with Crippen molar-refractivity contribution in [3.8, 4) is 0 Å². The summed E-state index contributed by atoms with van der Waals surface area (Å²) in [4.78, 5) is 22.5. The molecule has 0 N–H and O–H groups in total. The van der Waals surface area contributed by atoms with Gasteiger partial charge in [-0.05, 0) is 26.8 Å². The average molecular weight is 310 g/mol. The molecule has 6 nitrogen and oxygen atoms in total. The molecular weight excluding hydrogens is 288 g/mol. The van der Waals surface area contributed by atoms with Gasteiger partial charge in [-0.2, -0.15) is 0 Å². The van der Waals surface area contributed by atoms with E-state index in [0.717, 1.165) is 54.9 Å². The molecule has 120 valence electrons. The van der Waals surface area contributed by atoms with Crippen LogP contribution in [0.1, 0.15) is 17.0 Å². The van der Waals surface area contributed by atoms with E-state index in [-0.39, 0.29) is 0 Å². The Balaban J connectivity index is 1.49. The van der Waals surface area contributed by atoms with Crippen molar-refractivity contribution in [2.75, 3.05) is 36.0 Å². The third kappa shape index (κ3) is 2.62. The van der Waals surface area contributed by atoms with Crippen LogP contribution in [0.5, 0.6) is 0 Å². The molecule has 0 aromatic carbocycles. The van der Waals surface area contributed by atoms with Crippen molar-refractivity contribution in [1.82, 2.24) is 19.9 Å². The molecule has 0 amide bonds. The Bertz CT molecular complexity index is 697. The average Bonchev–Trinajstić information content (AvgIpc) is 3.05. The summed E-state index contributed by atoms with van der Waals surface area (Å²) in [5.74, 6) is 3.30. The van der Waals surface area contributed by atoms with Gasteiger partial charge in [-0.1, -0.05) is 0 Å². The lowest BCUT2D eigenvalue weighted by Gasteiger charge is -2.23. The molecule has 2 fully saturated rings. The topological polar surface area (TPSA) is 58.0 Å². The summed E-state index contributed by atoms with van der Waals surface area (Å²) in [5.41, 5.74) is 3.24. The van der Waals surface area contributed by atoms with E-state index in [1.165, 1.54) is 0 Å². The fraction of sp³-hybridized carbons (Fsp3) is 0.529. The molecule has 6 heteroatoms. The van der Waals surface area contributed by atoms with Crippen molar-refractivity contribution in [3.05, 3.63) is 35.5 Å². The number of aryl methyl sites for hydroxylation is 3. The predicted molar refractivity (Wildman–Crippen MR) is 89.7 cm³/mol. The van der Waals surface area contributed by atoms with E-state index < -0.39 is 0 Å². The summed E-state index contributed by atoms with van der Waals surface area (Å²) >= 11 is 0. The lowest BCUT2D eigenvalue weighted by Crippen LogP contribution is -2.30. The molecular formula is C17H22N6. The largest absolute Gasteiger partial charge is 0.356 e. The Labute approximate surface area is 136 Å². The number of anilines is 2. The quantitative estimate of drug-likeness (QED) is 0.842. The van der Waals surface area contributed by atoms with Gasteiger partial charge in [0.25, 0.3) is 0 Å². The van der Waals surface area contributed by atoms with Crippen molar-refractivity contribution in [2.24, 2.45) is 11.8 Å². The molecule has 0 aliphatic carbocycles. The lowest BCUT2D eigenvalue weighted by molar-refractivity contribution is 0.533. The molecule has 2 aliphatic heterocycles. The Morgan fingerprint density at radius 2 is 1.52 bits per heavy atom. The van der Waals surface area contributed by atoms with Crippen LogP contribution in [0.4, 0.5) is 11.8 Å². The van der Waals surface area contributed by atoms with Crippen molar-refractivity contribution in [1.29, 1.82) is 0 Å². The zero-order chi connectivity index (χ0) is 16.0. The minimum absolute atomic E-state index is 0.661. The van der Waals surface area contributed by atoms with Crippen molar-refractivity contribution in [3.63, 3.8) is 0 Å². The molecule has 4 heterocycles. The van der Waals surface area contributed by atoms with Gasteiger partial charge in [-0.15, -0.1) is 0 Å². The Morgan fingerprint density at radius 1 is 0.913 bits per heavy atom. The zero-order valence-corrected chi connectivity index (χ0v) is 13.9. The Hall–Kier alpha value is -2.24. The molecule has 2 aromatic rings. The number of hydrogen-bond donors (Lipinski definition) is 0. The highest BCUT2D eigenvalue weighted by Gasteiger charge is 2.41. The van der Waals surface area contributed by atoms with Gasteiger partial charge in [0, 0.05) is 61.2 Å². The lowest BCUT2D eigenvalue weighted by atomic mass is 10.0. The van der Waals surface area contributed by atoms with Gasteiger partial charge >= 0.3 is 0 Å². The van der Waals surface area contributed by atoms with Gasteiger partial charge in [0.2, 0.25) is 5.95 Å². The SMILES string of the molecule is Cc1cc(C)nc(N2CC3CN(c4ncncc4C)CC3C2)n1. The molecule has 0 bridgehead atoms. The van der Waals surface area contributed by atoms with Gasteiger partial charge in [-0.25, -0.2) is 19.9 Å². The first-order chi connectivity index (χ1) is 11.1. The van der Waals surface area contributed by atoms with Crippen LogP contribution < -0.4 is 9.80 Å². The van der Waals surface area contributed by atoms with Gasteiger partial charge in [-0.3, -0.25) is 0 Å². The fourth-order valence-corrected chi connectivity index (χ4v) is 3.90. The molecule has 2 unspecified atom stereocenters. The smallest absolute Gasteiger partial charge is 0.225 e. The maximum atomic E-state index is 4.62. The molecule has 23 heavy (non-hydrogen) atoms. The van der Waals surface area contributed by atoms with Gasteiger partial charge < -0.3 is 9.80 Å². The second kappa shape index (κ2) is 5.44. The molecule has 2 aromatic heterocycles. The maximum absolute atomic E-state index is 4.62. The van der Waals surface area contributed by atoms with Crippen LogP contribution in [-0.4, -0.2) is 46.1 Å². The molecule has 2 saturated heterocycles. The van der Waals surface area contributed by atoms with Crippen molar-refractivity contribution in [2.45, 2.75) is 20.8 Å².